The van der Waals surface area contributed by atoms with Crippen LogP contribution in [0.2, 0.25) is 0 Å². The fraction of sp³-hybridized carbons (Fsp3) is 0.421. The molecule has 0 radical (unpaired) electrons. The average molecular weight is 390 g/mol. The summed E-state index contributed by atoms with van der Waals surface area (Å²) < 4.78 is 10.9. The van der Waals surface area contributed by atoms with E-state index in [1.807, 2.05) is 36.6 Å². The van der Waals surface area contributed by atoms with Crippen molar-refractivity contribution in [3.8, 4) is 5.75 Å². The summed E-state index contributed by atoms with van der Waals surface area (Å²) in [5, 5.41) is 11.9. The van der Waals surface area contributed by atoms with Crippen LogP contribution in [-0.4, -0.2) is 52.7 Å². The minimum Gasteiger partial charge on any atom is -0.486 e. The van der Waals surface area contributed by atoms with Crippen LogP contribution in [0.5, 0.6) is 5.75 Å². The molecule has 2 atom stereocenters. The summed E-state index contributed by atoms with van der Waals surface area (Å²) in [6.07, 6.45) is 0.134. The lowest BCUT2D eigenvalue weighted by Crippen LogP contribution is -2.41. The zero-order valence-electron chi connectivity index (χ0n) is 15.3. The van der Waals surface area contributed by atoms with Gasteiger partial charge in [0.2, 0.25) is 5.91 Å². The molecule has 0 bridgehead atoms. The van der Waals surface area contributed by atoms with E-state index in [-0.39, 0.29) is 18.4 Å². The SMILES string of the molecule is COC1CC(C(=O)O)N(C(=O)Cc2csc(COc3ccc(C)cc3)n2)C1. The van der Waals surface area contributed by atoms with E-state index < -0.39 is 12.0 Å². The third-order valence-corrected chi connectivity index (χ3v) is 5.39. The largest absolute Gasteiger partial charge is 0.486 e. The van der Waals surface area contributed by atoms with Crippen molar-refractivity contribution < 1.29 is 24.2 Å². The average Bonchev–Trinajstić information content (AvgIpc) is 3.28. The van der Waals surface area contributed by atoms with Crippen molar-refractivity contribution in [1.82, 2.24) is 9.88 Å². The molecule has 1 aromatic carbocycles. The Balaban J connectivity index is 1.57. The number of methoxy groups -OCH3 is 1. The molecule has 1 amide bonds. The van der Waals surface area contributed by atoms with Gasteiger partial charge in [0.05, 0.1) is 18.2 Å². The van der Waals surface area contributed by atoms with E-state index in [1.165, 1.54) is 23.3 Å². The lowest BCUT2D eigenvalue weighted by molar-refractivity contribution is -0.148. The van der Waals surface area contributed by atoms with Crippen molar-refractivity contribution in [2.75, 3.05) is 13.7 Å². The smallest absolute Gasteiger partial charge is 0.326 e. The standard InChI is InChI=1S/C19H22N2O5S/c1-12-3-5-14(6-4-12)26-10-17-20-13(11-27-17)7-18(22)21-9-15(25-2)8-16(21)19(23)24/h3-6,11,15-16H,7-10H2,1-2H3,(H,23,24). The van der Waals surface area contributed by atoms with Crippen LogP contribution in [0, 0.1) is 6.92 Å². The topological polar surface area (TPSA) is 89.0 Å². The van der Waals surface area contributed by atoms with Crippen LogP contribution in [0.3, 0.4) is 0 Å². The maximum absolute atomic E-state index is 12.6. The van der Waals surface area contributed by atoms with Crippen LogP contribution in [0.1, 0.15) is 22.7 Å². The second kappa shape index (κ2) is 8.49. The van der Waals surface area contributed by atoms with Crippen molar-refractivity contribution in [2.24, 2.45) is 0 Å². The molecular formula is C19H22N2O5S. The summed E-state index contributed by atoms with van der Waals surface area (Å²) >= 11 is 1.42. The number of carboxylic acid groups (broad SMARTS) is 1. The molecule has 2 aromatic rings. The number of aromatic nitrogens is 1. The van der Waals surface area contributed by atoms with Gasteiger partial charge in [-0.1, -0.05) is 17.7 Å². The Hall–Kier alpha value is -2.45. The van der Waals surface area contributed by atoms with Crippen LogP contribution in [0.15, 0.2) is 29.6 Å². The van der Waals surface area contributed by atoms with E-state index >= 15 is 0 Å². The van der Waals surface area contributed by atoms with Gasteiger partial charge < -0.3 is 19.5 Å². The number of nitrogens with zero attached hydrogens (tertiary/aromatic N) is 2. The van der Waals surface area contributed by atoms with Crippen LogP contribution in [0.4, 0.5) is 0 Å². The second-order valence-corrected chi connectivity index (χ2v) is 7.45. The maximum Gasteiger partial charge on any atom is 0.326 e. The highest BCUT2D eigenvalue weighted by Gasteiger charge is 2.39. The molecule has 1 N–H and O–H groups in total. The van der Waals surface area contributed by atoms with Gasteiger partial charge in [-0.15, -0.1) is 11.3 Å². The molecule has 1 aliphatic rings. The van der Waals surface area contributed by atoms with E-state index in [4.69, 9.17) is 9.47 Å². The summed E-state index contributed by atoms with van der Waals surface area (Å²) in [6.45, 7) is 2.63. The van der Waals surface area contributed by atoms with Crippen LogP contribution in [0.25, 0.3) is 0 Å². The van der Waals surface area contributed by atoms with Gasteiger partial charge in [0.15, 0.2) is 0 Å². The Bertz CT molecular complexity index is 805. The first-order chi connectivity index (χ1) is 13.0. The molecular weight excluding hydrogens is 368 g/mol. The molecule has 27 heavy (non-hydrogen) atoms. The second-order valence-electron chi connectivity index (χ2n) is 6.50. The number of thiazole rings is 1. The van der Waals surface area contributed by atoms with Crippen molar-refractivity contribution in [1.29, 1.82) is 0 Å². The number of amides is 1. The zero-order chi connectivity index (χ0) is 19.4. The van der Waals surface area contributed by atoms with E-state index in [9.17, 15) is 14.7 Å². The molecule has 1 aromatic heterocycles. The molecule has 1 fully saturated rings. The number of carbonyl (C=O) groups is 2. The number of carbonyl (C=O) groups excluding carboxylic acids is 1. The number of aryl methyl sites for hydroxylation is 1. The van der Waals surface area contributed by atoms with Crippen molar-refractivity contribution in [3.05, 3.63) is 45.9 Å². The quantitative estimate of drug-likeness (QED) is 0.780. The third kappa shape index (κ3) is 4.84. The molecule has 0 aliphatic carbocycles. The van der Waals surface area contributed by atoms with Gasteiger partial charge in [0.1, 0.15) is 23.4 Å². The Morgan fingerprint density at radius 3 is 2.74 bits per heavy atom. The molecule has 7 nitrogen and oxygen atoms in total. The maximum atomic E-state index is 12.6. The summed E-state index contributed by atoms with van der Waals surface area (Å²) in [5.74, 6) is -0.494. The highest BCUT2D eigenvalue weighted by molar-refractivity contribution is 7.09. The first-order valence-electron chi connectivity index (χ1n) is 8.64. The van der Waals surface area contributed by atoms with Gasteiger partial charge in [-0.3, -0.25) is 4.79 Å². The third-order valence-electron chi connectivity index (χ3n) is 4.52. The van der Waals surface area contributed by atoms with Gasteiger partial charge in [-0.2, -0.15) is 0 Å². The number of likely N-dealkylation sites (tertiary alicyclic amines) is 1. The summed E-state index contributed by atoms with van der Waals surface area (Å²) in [7, 11) is 1.53. The van der Waals surface area contributed by atoms with Gasteiger partial charge in [0.25, 0.3) is 0 Å². The van der Waals surface area contributed by atoms with Crippen LogP contribution < -0.4 is 4.74 Å². The predicted molar refractivity (Wildman–Crippen MR) is 99.9 cm³/mol. The number of hydrogen-bond acceptors (Lipinski definition) is 6. The first-order valence-corrected chi connectivity index (χ1v) is 9.52. The van der Waals surface area contributed by atoms with Gasteiger partial charge in [-0.25, -0.2) is 9.78 Å². The van der Waals surface area contributed by atoms with Gasteiger partial charge >= 0.3 is 5.97 Å². The molecule has 144 valence electrons. The van der Waals surface area contributed by atoms with Crippen molar-refractivity contribution >= 4 is 23.2 Å². The molecule has 0 saturated carbocycles. The molecule has 1 aliphatic heterocycles. The molecule has 3 rings (SSSR count). The Morgan fingerprint density at radius 2 is 2.07 bits per heavy atom. The van der Waals surface area contributed by atoms with Crippen LogP contribution in [-0.2, 0) is 27.4 Å². The van der Waals surface area contributed by atoms with Gasteiger partial charge in [-0.05, 0) is 19.1 Å². The Labute approximate surface area is 161 Å². The zero-order valence-corrected chi connectivity index (χ0v) is 16.1. The monoisotopic (exact) mass is 390 g/mol. The molecule has 8 heteroatoms. The number of carboxylic acids is 1. The van der Waals surface area contributed by atoms with E-state index in [0.29, 0.717) is 25.3 Å². The van der Waals surface area contributed by atoms with Crippen molar-refractivity contribution in [2.45, 2.75) is 38.5 Å². The Kier molecular flexibility index (Phi) is 6.08. The summed E-state index contributed by atoms with van der Waals surface area (Å²) in [4.78, 5) is 29.8. The fourth-order valence-corrected chi connectivity index (χ4v) is 3.72. The summed E-state index contributed by atoms with van der Waals surface area (Å²) in [6, 6.07) is 6.91. The minimum atomic E-state index is -1.01. The molecule has 0 spiro atoms. The van der Waals surface area contributed by atoms with E-state index in [0.717, 1.165) is 16.3 Å². The van der Waals surface area contributed by atoms with E-state index in [2.05, 4.69) is 4.98 Å². The lowest BCUT2D eigenvalue weighted by atomic mass is 10.2. The van der Waals surface area contributed by atoms with Crippen LogP contribution >= 0.6 is 11.3 Å². The highest BCUT2D eigenvalue weighted by Crippen LogP contribution is 2.22. The highest BCUT2D eigenvalue weighted by atomic mass is 32.1. The van der Waals surface area contributed by atoms with Crippen molar-refractivity contribution in [3.63, 3.8) is 0 Å². The normalized spacial score (nSPS) is 19.3. The number of rotatable bonds is 7. The minimum absolute atomic E-state index is 0.0707. The molecule has 2 unspecified atom stereocenters. The van der Waals surface area contributed by atoms with Gasteiger partial charge in [0, 0.05) is 25.5 Å². The predicted octanol–water partition coefficient (Wildman–Crippen LogP) is 2.27. The lowest BCUT2D eigenvalue weighted by Gasteiger charge is -2.20. The first kappa shape index (κ1) is 19.3. The Morgan fingerprint density at radius 1 is 1.33 bits per heavy atom. The number of ether oxygens (including phenoxy) is 2. The number of benzene rings is 1. The molecule has 1 saturated heterocycles. The summed E-state index contributed by atoms with van der Waals surface area (Å²) in [5.41, 5.74) is 1.78. The fourth-order valence-electron chi connectivity index (χ4n) is 3.01. The number of hydrogen-bond donors (Lipinski definition) is 1. The number of aliphatic carboxylic acids is 1. The van der Waals surface area contributed by atoms with E-state index in [1.54, 1.807) is 0 Å². The molecule has 2 heterocycles.